The number of sulfone groups is 1. The van der Waals surface area contributed by atoms with E-state index in [0.717, 1.165) is 24.2 Å². The van der Waals surface area contributed by atoms with Gasteiger partial charge in [-0.15, -0.1) is 0 Å². The second-order valence-electron chi connectivity index (χ2n) is 7.94. The summed E-state index contributed by atoms with van der Waals surface area (Å²) >= 11 is 0. The van der Waals surface area contributed by atoms with E-state index in [-0.39, 0.29) is 21.1 Å². The Labute approximate surface area is 201 Å². The van der Waals surface area contributed by atoms with Gasteiger partial charge >= 0.3 is 11.6 Å². The second-order valence-corrected chi connectivity index (χ2v) is 9.93. The maximum atomic E-state index is 13.2. The molecule has 0 radical (unpaired) electrons. The number of carbonyl (C=O) groups is 1. The van der Waals surface area contributed by atoms with Crippen LogP contribution in [-0.2, 0) is 26.9 Å². The van der Waals surface area contributed by atoms with Crippen LogP contribution in [0, 0.1) is 0 Å². The Morgan fingerprint density at radius 1 is 1.09 bits per heavy atom. The summed E-state index contributed by atoms with van der Waals surface area (Å²) in [7, 11) is -3.55. The number of hydroxylamine groups is 2. The van der Waals surface area contributed by atoms with Gasteiger partial charge in [-0.05, 0) is 42.8 Å². The number of hydrogen-bond acceptors (Lipinski definition) is 8. The van der Waals surface area contributed by atoms with Crippen LogP contribution in [-0.4, -0.2) is 56.7 Å². The number of amides is 1. The Kier molecular flexibility index (Phi) is 7.68. The third kappa shape index (κ3) is 5.56. The standard InChI is InChI=1S/C23H27N3O8S/c1-3-4-14-25-15-20(27)26(22(25)29)23(30,21(28)24(2)31)16-35(32,33)19-12-10-18(11-13-19)34-17-8-6-5-7-9-17/h5-13,15,27,30-31H,3-4,14,16H2,1-2H3. The summed E-state index contributed by atoms with van der Waals surface area (Å²) in [6.07, 6.45) is 2.28. The summed E-state index contributed by atoms with van der Waals surface area (Å²) in [5.74, 6) is -2.79. The van der Waals surface area contributed by atoms with Crippen LogP contribution in [0.2, 0.25) is 0 Å². The number of aromatic hydroxyl groups is 1. The summed E-state index contributed by atoms with van der Waals surface area (Å²) < 4.78 is 33.3. The Bertz CT molecular complexity index is 1330. The molecule has 0 saturated carbocycles. The van der Waals surface area contributed by atoms with Crippen LogP contribution in [0.1, 0.15) is 19.8 Å². The van der Waals surface area contributed by atoms with Crippen LogP contribution in [0.4, 0.5) is 0 Å². The van der Waals surface area contributed by atoms with Crippen LogP contribution in [0.5, 0.6) is 17.4 Å². The van der Waals surface area contributed by atoms with Crippen LogP contribution in [0.15, 0.2) is 70.5 Å². The average Bonchev–Trinajstić information content (AvgIpc) is 3.11. The van der Waals surface area contributed by atoms with Crippen molar-refractivity contribution in [2.45, 2.75) is 36.9 Å². The number of likely N-dealkylation sites (N-methyl/N-ethyl adjacent to an activating group) is 1. The molecule has 11 nitrogen and oxygen atoms in total. The molecule has 0 fully saturated rings. The molecule has 188 valence electrons. The number of aromatic nitrogens is 2. The second kappa shape index (κ2) is 10.3. The van der Waals surface area contributed by atoms with Gasteiger partial charge in [-0.25, -0.2) is 22.8 Å². The van der Waals surface area contributed by atoms with Gasteiger partial charge in [0.05, 0.1) is 11.1 Å². The van der Waals surface area contributed by atoms with Gasteiger partial charge in [-0.2, -0.15) is 0 Å². The van der Waals surface area contributed by atoms with Gasteiger partial charge in [0.25, 0.3) is 0 Å². The molecule has 12 heteroatoms. The molecule has 0 aliphatic carbocycles. The molecule has 1 amide bonds. The fraction of sp³-hybridized carbons (Fsp3) is 0.304. The fourth-order valence-electron chi connectivity index (χ4n) is 3.48. The molecule has 0 aliphatic heterocycles. The highest BCUT2D eigenvalue weighted by Crippen LogP contribution is 2.28. The number of para-hydroxylation sites is 1. The lowest BCUT2D eigenvalue weighted by molar-refractivity contribution is -0.188. The lowest BCUT2D eigenvalue weighted by Crippen LogP contribution is -2.56. The minimum absolute atomic E-state index is 0.0401. The van der Waals surface area contributed by atoms with Crippen molar-refractivity contribution in [3.63, 3.8) is 0 Å². The molecule has 1 unspecified atom stereocenters. The first-order chi connectivity index (χ1) is 16.5. The number of imidazole rings is 1. The van der Waals surface area contributed by atoms with Gasteiger partial charge in [0, 0.05) is 13.6 Å². The van der Waals surface area contributed by atoms with Crippen molar-refractivity contribution in [1.82, 2.24) is 14.2 Å². The lowest BCUT2D eigenvalue weighted by Gasteiger charge is -2.29. The first kappa shape index (κ1) is 26.0. The first-order valence-corrected chi connectivity index (χ1v) is 12.4. The summed E-state index contributed by atoms with van der Waals surface area (Å²) in [5, 5.41) is 31.2. The third-order valence-corrected chi connectivity index (χ3v) is 7.02. The zero-order valence-corrected chi connectivity index (χ0v) is 20.1. The molecule has 0 saturated heterocycles. The van der Waals surface area contributed by atoms with E-state index in [4.69, 9.17) is 4.74 Å². The van der Waals surface area contributed by atoms with Crippen molar-refractivity contribution in [1.29, 1.82) is 0 Å². The molecule has 3 aromatic rings. The summed E-state index contributed by atoms with van der Waals surface area (Å²) in [6, 6.07) is 14.0. The molecular formula is C23H27N3O8S. The minimum Gasteiger partial charge on any atom is -0.493 e. The average molecular weight is 506 g/mol. The highest BCUT2D eigenvalue weighted by Gasteiger charge is 2.48. The maximum absolute atomic E-state index is 13.2. The van der Waals surface area contributed by atoms with E-state index in [9.17, 15) is 33.4 Å². The SMILES string of the molecule is CCCCn1cc(O)n(C(O)(CS(=O)(=O)c2ccc(Oc3ccccc3)cc2)C(=O)N(C)O)c1=O. The molecule has 1 heterocycles. The van der Waals surface area contributed by atoms with E-state index in [2.05, 4.69) is 0 Å². The molecule has 0 spiro atoms. The highest BCUT2D eigenvalue weighted by atomic mass is 32.2. The molecule has 1 atom stereocenters. The topological polar surface area (TPSA) is 151 Å². The normalized spacial score (nSPS) is 13.3. The van der Waals surface area contributed by atoms with Gasteiger partial charge in [0.1, 0.15) is 17.3 Å². The number of aryl methyl sites for hydroxylation is 1. The Morgan fingerprint density at radius 3 is 2.26 bits per heavy atom. The monoisotopic (exact) mass is 505 g/mol. The number of ether oxygens (including phenoxy) is 1. The van der Waals surface area contributed by atoms with Crippen molar-refractivity contribution in [3.8, 4) is 17.4 Å². The van der Waals surface area contributed by atoms with Crippen LogP contribution < -0.4 is 10.4 Å². The number of hydrogen-bond donors (Lipinski definition) is 3. The number of benzene rings is 2. The summed E-state index contributed by atoms with van der Waals surface area (Å²) in [5.41, 5.74) is -4.13. The predicted octanol–water partition coefficient (Wildman–Crippen LogP) is 1.91. The number of unbranched alkanes of at least 4 members (excludes halogenated alkanes) is 1. The third-order valence-electron chi connectivity index (χ3n) is 5.25. The quantitative estimate of drug-likeness (QED) is 0.279. The number of rotatable bonds is 10. The van der Waals surface area contributed by atoms with Crippen molar-refractivity contribution < 1.29 is 33.4 Å². The van der Waals surface area contributed by atoms with E-state index >= 15 is 0 Å². The molecular weight excluding hydrogens is 478 g/mol. The van der Waals surface area contributed by atoms with Crippen LogP contribution in [0.3, 0.4) is 0 Å². The van der Waals surface area contributed by atoms with Gasteiger partial charge < -0.3 is 14.9 Å². The molecule has 2 aromatic carbocycles. The highest BCUT2D eigenvalue weighted by molar-refractivity contribution is 7.91. The molecule has 3 rings (SSSR count). The van der Waals surface area contributed by atoms with E-state index in [0.29, 0.717) is 17.9 Å². The van der Waals surface area contributed by atoms with E-state index in [1.54, 1.807) is 24.3 Å². The lowest BCUT2D eigenvalue weighted by atomic mass is 10.2. The Hall–Kier alpha value is -3.61. The maximum Gasteiger partial charge on any atom is 0.333 e. The van der Waals surface area contributed by atoms with Crippen molar-refractivity contribution in [2.75, 3.05) is 12.8 Å². The minimum atomic E-state index is -4.42. The largest absolute Gasteiger partial charge is 0.493 e. The molecule has 0 bridgehead atoms. The smallest absolute Gasteiger partial charge is 0.333 e. The van der Waals surface area contributed by atoms with E-state index in [1.165, 1.54) is 24.3 Å². The molecule has 35 heavy (non-hydrogen) atoms. The van der Waals surface area contributed by atoms with Crippen molar-refractivity contribution in [3.05, 3.63) is 71.3 Å². The molecule has 0 aliphatic rings. The zero-order valence-electron chi connectivity index (χ0n) is 19.2. The molecule has 1 aromatic heterocycles. The van der Waals surface area contributed by atoms with Gasteiger partial charge in [-0.1, -0.05) is 31.5 Å². The van der Waals surface area contributed by atoms with Crippen molar-refractivity contribution >= 4 is 15.7 Å². The van der Waals surface area contributed by atoms with Crippen LogP contribution >= 0.6 is 0 Å². The molecule has 3 N–H and O–H groups in total. The summed E-state index contributed by atoms with van der Waals surface area (Å²) in [4.78, 5) is 25.3. The number of aliphatic hydroxyl groups is 1. The van der Waals surface area contributed by atoms with Crippen LogP contribution in [0.25, 0.3) is 0 Å². The Morgan fingerprint density at radius 2 is 1.69 bits per heavy atom. The zero-order chi connectivity index (χ0) is 25.8. The van der Waals surface area contributed by atoms with E-state index in [1.807, 2.05) is 13.0 Å². The summed E-state index contributed by atoms with van der Waals surface area (Å²) in [6.45, 7) is 2.05. The van der Waals surface area contributed by atoms with E-state index < -0.39 is 38.8 Å². The van der Waals surface area contributed by atoms with Gasteiger partial charge in [0.2, 0.25) is 11.6 Å². The fourth-order valence-corrected chi connectivity index (χ4v) is 4.98. The number of carbonyl (C=O) groups excluding carboxylic acids is 1. The number of nitrogens with zero attached hydrogens (tertiary/aromatic N) is 3. The first-order valence-electron chi connectivity index (χ1n) is 10.8. The Balaban J connectivity index is 1.97. The van der Waals surface area contributed by atoms with Gasteiger partial charge in [0.15, 0.2) is 9.84 Å². The van der Waals surface area contributed by atoms with Gasteiger partial charge in [-0.3, -0.25) is 14.6 Å². The predicted molar refractivity (Wildman–Crippen MR) is 125 cm³/mol. The van der Waals surface area contributed by atoms with Crippen molar-refractivity contribution in [2.24, 2.45) is 0 Å².